The van der Waals surface area contributed by atoms with Crippen LogP contribution in [0.25, 0.3) is 16.5 Å². The molecule has 12 nitrogen and oxygen atoms in total. The Morgan fingerprint density at radius 3 is 2.53 bits per heavy atom. The van der Waals surface area contributed by atoms with Gasteiger partial charge in [-0.3, -0.25) is 9.89 Å². The number of sulfonamides is 1. The van der Waals surface area contributed by atoms with Crippen molar-refractivity contribution in [2.24, 2.45) is 5.41 Å². The van der Waals surface area contributed by atoms with Crippen LogP contribution in [0.3, 0.4) is 0 Å². The topological polar surface area (TPSA) is 153 Å². The second-order valence-corrected chi connectivity index (χ2v) is 19.1. The van der Waals surface area contributed by atoms with E-state index in [1.807, 2.05) is 18.2 Å². The Kier molecular flexibility index (Phi) is 12.2. The van der Waals surface area contributed by atoms with Crippen molar-refractivity contribution in [3.8, 4) is 11.5 Å². The first kappa shape index (κ1) is 41.1. The molecule has 59 heavy (non-hydrogen) atoms. The lowest BCUT2D eigenvalue weighted by atomic mass is 9.72. The Labute approximate surface area is 355 Å². The van der Waals surface area contributed by atoms with Crippen LogP contribution in [0.15, 0.2) is 89.6 Å². The van der Waals surface area contributed by atoms with E-state index in [4.69, 9.17) is 27.9 Å². The van der Waals surface area contributed by atoms with E-state index in [0.717, 1.165) is 68.3 Å². The molecule has 1 saturated carbocycles. The first-order valence-electron chi connectivity index (χ1n) is 20.3. The third kappa shape index (κ3) is 10.0. The molecule has 3 aromatic carbocycles. The minimum atomic E-state index is -4.36. The first-order valence-corrected chi connectivity index (χ1v) is 22.5. The Morgan fingerprint density at radius 2 is 1.76 bits per heavy atom. The van der Waals surface area contributed by atoms with Crippen molar-refractivity contribution in [3.05, 3.63) is 106 Å². The number of carbonyl (C=O) groups is 1. The summed E-state index contributed by atoms with van der Waals surface area (Å²) < 4.78 is 35.7. The lowest BCUT2D eigenvalue weighted by molar-refractivity contribution is 0.0979. The van der Waals surface area contributed by atoms with Crippen LogP contribution in [0, 0.1) is 5.41 Å². The van der Waals surface area contributed by atoms with Crippen LogP contribution in [0.1, 0.15) is 74.7 Å². The highest BCUT2D eigenvalue weighted by Gasteiger charge is 2.32. The normalized spacial score (nSPS) is 17.6. The number of hydrogen-bond acceptors (Lipinski definition) is 10. The zero-order valence-corrected chi connectivity index (χ0v) is 35.6. The van der Waals surface area contributed by atoms with Gasteiger partial charge < -0.3 is 25.6 Å². The number of nitrogens with one attached hydrogen (secondary N) is 5. The molecule has 0 bridgehead atoms. The fraction of sp³-hybridized carbons (Fsp3) is 0.386. The summed E-state index contributed by atoms with van der Waals surface area (Å²) in [5.41, 5.74) is 5.70. The number of likely N-dealkylation sites (tertiary alicyclic amines) is 1. The zero-order chi connectivity index (χ0) is 41.1. The Hall–Kier alpha value is -4.66. The van der Waals surface area contributed by atoms with E-state index in [1.165, 1.54) is 41.8 Å². The Bertz CT molecular complexity index is 2460. The molecule has 5 N–H and O–H groups in total. The van der Waals surface area contributed by atoms with Gasteiger partial charge in [0.05, 0.1) is 27.7 Å². The van der Waals surface area contributed by atoms with Crippen LogP contribution in [-0.4, -0.2) is 79.2 Å². The minimum absolute atomic E-state index is 0.0227. The summed E-state index contributed by atoms with van der Waals surface area (Å²) in [4.78, 5) is 20.4. The number of carbonyl (C=O) groups excluding carboxylic acids is 1. The number of aromatic nitrogens is 3. The molecule has 3 heterocycles. The van der Waals surface area contributed by atoms with Crippen LogP contribution in [0.2, 0.25) is 10.0 Å². The van der Waals surface area contributed by atoms with Gasteiger partial charge in [0.15, 0.2) is 0 Å². The number of H-pyrrole nitrogens is 1. The molecular formula is C44H50Cl2N8O4S. The van der Waals surface area contributed by atoms with Crippen LogP contribution >= 0.6 is 23.2 Å². The smallest absolute Gasteiger partial charge is 0.268 e. The maximum atomic E-state index is 13.8. The SMILES string of the molecule is CC1(C)CCC(CNCCNc2ccc(C(=O)NS(=O)(=O)c3cnc(NC4CCN(C5CC5)CC4)c(Cl)c3)c(Oc3cccc4[nH]ncc34)c2)=C(c2ccc(Cl)cc2)C1. The number of rotatable bonds is 15. The number of piperidine rings is 1. The lowest BCUT2D eigenvalue weighted by Crippen LogP contribution is -2.40. The number of fused-ring (bicyclic) bond motifs is 1. The molecule has 15 heteroatoms. The predicted molar refractivity (Wildman–Crippen MR) is 235 cm³/mol. The van der Waals surface area contributed by atoms with Crippen molar-refractivity contribution >= 4 is 67.1 Å². The highest BCUT2D eigenvalue weighted by molar-refractivity contribution is 7.90. The van der Waals surface area contributed by atoms with Crippen LogP contribution < -0.4 is 25.4 Å². The van der Waals surface area contributed by atoms with E-state index in [-0.39, 0.29) is 32.7 Å². The number of hydrogen-bond donors (Lipinski definition) is 5. The molecule has 310 valence electrons. The summed E-state index contributed by atoms with van der Waals surface area (Å²) in [6, 6.07) is 20.7. The van der Waals surface area contributed by atoms with Crippen molar-refractivity contribution in [3.63, 3.8) is 0 Å². The van der Waals surface area contributed by atoms with E-state index in [1.54, 1.807) is 36.5 Å². The fourth-order valence-corrected chi connectivity index (χ4v) is 9.37. The average Bonchev–Trinajstić information content (AvgIpc) is 3.95. The van der Waals surface area contributed by atoms with Gasteiger partial charge in [-0.1, -0.05) is 60.8 Å². The standard InChI is InChI=1S/C44H50Cl2N8O4S/c1-44(2)17-14-29(36(24-44)28-6-8-30(45)9-7-28)25-47-18-19-48-32-10-13-35(41(22-32)58-40-5-3-4-39-37(40)27-50-52-39)43(55)53-59(56,57)34-23-38(46)42(49-26-34)51-31-15-20-54(21-16-31)33-11-12-33/h3-10,13,22-23,26-27,31,33,47-48H,11-12,14-21,24-25H2,1-2H3,(H,49,51)(H,50,52)(H,53,55). The minimum Gasteiger partial charge on any atom is -0.456 e. The van der Waals surface area contributed by atoms with Gasteiger partial charge in [-0.05, 0) is 104 Å². The van der Waals surface area contributed by atoms with Crippen LogP contribution in [0.4, 0.5) is 11.5 Å². The summed E-state index contributed by atoms with van der Waals surface area (Å²) in [6.07, 6.45) is 10.5. The van der Waals surface area contributed by atoms with E-state index in [2.05, 4.69) is 66.7 Å². The zero-order valence-electron chi connectivity index (χ0n) is 33.3. The molecule has 0 spiro atoms. The fourth-order valence-electron chi connectivity index (χ4n) is 8.02. The van der Waals surface area contributed by atoms with Gasteiger partial charge in [-0.2, -0.15) is 5.10 Å². The molecule has 2 aliphatic carbocycles. The highest BCUT2D eigenvalue weighted by atomic mass is 35.5. The number of halogens is 2. The number of amides is 1. The Morgan fingerprint density at radius 1 is 0.966 bits per heavy atom. The van der Waals surface area contributed by atoms with E-state index in [0.29, 0.717) is 35.7 Å². The molecule has 1 amide bonds. The predicted octanol–water partition coefficient (Wildman–Crippen LogP) is 8.88. The monoisotopic (exact) mass is 856 g/mol. The van der Waals surface area contributed by atoms with Crippen molar-refractivity contribution in [1.29, 1.82) is 0 Å². The Balaban J connectivity index is 0.940. The molecule has 8 rings (SSSR count). The molecule has 5 aromatic rings. The van der Waals surface area contributed by atoms with E-state index >= 15 is 0 Å². The van der Waals surface area contributed by atoms with Crippen LogP contribution in [0.5, 0.6) is 11.5 Å². The molecule has 2 aromatic heterocycles. The molecule has 1 aliphatic heterocycles. The summed E-state index contributed by atoms with van der Waals surface area (Å²) in [5.74, 6) is 0.163. The number of ether oxygens (including phenoxy) is 1. The van der Waals surface area contributed by atoms with Crippen molar-refractivity contribution in [1.82, 2.24) is 30.1 Å². The quantitative estimate of drug-likeness (QED) is 0.0646. The van der Waals surface area contributed by atoms with Gasteiger partial charge >= 0.3 is 0 Å². The maximum absolute atomic E-state index is 13.8. The molecule has 0 atom stereocenters. The number of anilines is 2. The largest absolute Gasteiger partial charge is 0.456 e. The average molecular weight is 858 g/mol. The van der Waals surface area contributed by atoms with Gasteiger partial charge in [-0.15, -0.1) is 0 Å². The number of allylic oxidation sites excluding steroid dienone is 1. The van der Waals surface area contributed by atoms with Crippen molar-refractivity contribution in [2.75, 3.05) is 43.4 Å². The molecule has 0 radical (unpaired) electrons. The van der Waals surface area contributed by atoms with Gasteiger partial charge in [0.1, 0.15) is 22.2 Å². The molecular weight excluding hydrogens is 808 g/mol. The molecule has 1 saturated heterocycles. The third-order valence-corrected chi connectivity index (χ3v) is 13.4. The maximum Gasteiger partial charge on any atom is 0.268 e. The second-order valence-electron chi connectivity index (χ2n) is 16.6. The van der Waals surface area contributed by atoms with Crippen LogP contribution in [-0.2, 0) is 10.0 Å². The van der Waals surface area contributed by atoms with E-state index < -0.39 is 15.9 Å². The number of benzene rings is 3. The van der Waals surface area contributed by atoms with Gasteiger partial charge in [0.25, 0.3) is 15.9 Å². The summed E-state index contributed by atoms with van der Waals surface area (Å²) in [5, 5.41) is 19.0. The van der Waals surface area contributed by atoms with E-state index in [9.17, 15) is 13.2 Å². The first-order chi connectivity index (χ1) is 28.4. The second kappa shape index (κ2) is 17.5. The third-order valence-electron chi connectivity index (χ3n) is 11.5. The van der Waals surface area contributed by atoms with Crippen molar-refractivity contribution < 1.29 is 17.9 Å². The number of nitrogens with zero attached hydrogens (tertiary/aromatic N) is 3. The molecule has 0 unspecified atom stereocenters. The lowest BCUT2D eigenvalue weighted by Gasteiger charge is -2.34. The van der Waals surface area contributed by atoms with Gasteiger partial charge in [0, 0.05) is 67.8 Å². The van der Waals surface area contributed by atoms with Gasteiger partial charge in [0.2, 0.25) is 0 Å². The molecule has 2 fully saturated rings. The summed E-state index contributed by atoms with van der Waals surface area (Å²) in [7, 11) is -4.36. The summed E-state index contributed by atoms with van der Waals surface area (Å²) in [6.45, 7) is 8.70. The summed E-state index contributed by atoms with van der Waals surface area (Å²) >= 11 is 12.8. The number of aromatic amines is 1. The van der Waals surface area contributed by atoms with Crippen molar-refractivity contribution in [2.45, 2.75) is 75.8 Å². The van der Waals surface area contributed by atoms with Gasteiger partial charge in [-0.25, -0.2) is 18.1 Å². The highest BCUT2D eigenvalue weighted by Crippen LogP contribution is 2.43. The molecule has 3 aliphatic rings. The number of pyridine rings is 1.